The maximum absolute atomic E-state index is 13.9. The van der Waals surface area contributed by atoms with Gasteiger partial charge in [0.05, 0.1) is 18.9 Å². The number of rotatable bonds is 5. The molecule has 3 aromatic rings. The average molecular weight is 341 g/mol. The lowest BCUT2D eigenvalue weighted by atomic mass is 10.1. The second kappa shape index (κ2) is 7.12. The van der Waals surface area contributed by atoms with Crippen LogP contribution >= 0.6 is 0 Å². The Bertz CT molecular complexity index is 908. The normalized spacial score (nSPS) is 10.5. The lowest BCUT2D eigenvalue weighted by molar-refractivity contribution is 0.0600. The van der Waals surface area contributed by atoms with E-state index in [1.54, 1.807) is 18.2 Å². The van der Waals surface area contributed by atoms with Gasteiger partial charge in [0.15, 0.2) is 5.82 Å². The van der Waals surface area contributed by atoms with Crippen LogP contribution in [-0.2, 0) is 11.3 Å². The highest BCUT2D eigenvalue weighted by Gasteiger charge is 2.12. The lowest BCUT2D eigenvalue weighted by Crippen LogP contribution is -2.08. The van der Waals surface area contributed by atoms with E-state index in [1.165, 1.54) is 36.3 Å². The van der Waals surface area contributed by atoms with E-state index in [1.807, 2.05) is 13.0 Å². The zero-order valence-electron chi connectivity index (χ0n) is 13.8. The maximum Gasteiger partial charge on any atom is 0.338 e. The van der Waals surface area contributed by atoms with Crippen molar-refractivity contribution in [2.45, 2.75) is 13.5 Å². The molecule has 0 unspecified atom stereocenters. The Morgan fingerprint density at radius 3 is 2.80 bits per heavy atom. The number of halogens is 1. The molecule has 1 aromatic carbocycles. The van der Waals surface area contributed by atoms with Crippen molar-refractivity contribution >= 4 is 5.97 Å². The largest absolute Gasteiger partial charge is 0.473 e. The first kappa shape index (κ1) is 16.6. The van der Waals surface area contributed by atoms with Crippen LogP contribution in [0.15, 0.2) is 48.8 Å². The molecular weight excluding hydrogens is 325 g/mol. The molecule has 25 heavy (non-hydrogen) atoms. The smallest absolute Gasteiger partial charge is 0.338 e. The Labute approximate surface area is 143 Å². The van der Waals surface area contributed by atoms with Gasteiger partial charge in [-0.25, -0.2) is 14.2 Å². The minimum Gasteiger partial charge on any atom is -0.473 e. The van der Waals surface area contributed by atoms with E-state index in [9.17, 15) is 9.18 Å². The number of pyridine rings is 1. The molecule has 0 fully saturated rings. The molecule has 0 saturated carbocycles. The highest BCUT2D eigenvalue weighted by molar-refractivity contribution is 5.89. The Balaban J connectivity index is 1.82. The molecule has 0 aliphatic carbocycles. The highest BCUT2D eigenvalue weighted by atomic mass is 19.1. The summed E-state index contributed by atoms with van der Waals surface area (Å²) in [5, 5.41) is 4.14. The summed E-state index contributed by atoms with van der Waals surface area (Å²) in [6, 6.07) is 9.68. The summed E-state index contributed by atoms with van der Waals surface area (Å²) in [5.41, 5.74) is 1.63. The standard InChI is InChI=1S/C18H16FN3O3/c1-12-3-4-14(15(19)9-12)11-25-17-6-8-21-22(17)16-10-13(5-7-20-16)18(23)24-2/h3-10H,11H2,1-2H3. The van der Waals surface area contributed by atoms with Crippen molar-refractivity contribution in [3.63, 3.8) is 0 Å². The van der Waals surface area contributed by atoms with Crippen LogP contribution in [0.5, 0.6) is 5.88 Å². The van der Waals surface area contributed by atoms with E-state index in [4.69, 9.17) is 9.47 Å². The third-order valence-electron chi connectivity index (χ3n) is 3.58. The first-order chi connectivity index (χ1) is 12.1. The number of aryl methyl sites for hydroxylation is 1. The number of carbonyl (C=O) groups excluding carboxylic acids is 1. The van der Waals surface area contributed by atoms with Gasteiger partial charge in [0, 0.05) is 17.8 Å². The third-order valence-corrected chi connectivity index (χ3v) is 3.58. The van der Waals surface area contributed by atoms with Gasteiger partial charge in [-0.15, -0.1) is 0 Å². The number of ether oxygens (including phenoxy) is 2. The minimum absolute atomic E-state index is 0.0501. The fourth-order valence-corrected chi connectivity index (χ4v) is 2.27. The molecule has 7 heteroatoms. The zero-order valence-corrected chi connectivity index (χ0v) is 13.8. The van der Waals surface area contributed by atoms with Crippen molar-refractivity contribution in [3.05, 3.63) is 71.3 Å². The first-order valence-electron chi connectivity index (χ1n) is 7.55. The number of aromatic nitrogens is 3. The second-order valence-corrected chi connectivity index (χ2v) is 5.36. The Morgan fingerprint density at radius 2 is 2.04 bits per heavy atom. The van der Waals surface area contributed by atoms with Gasteiger partial charge in [0.2, 0.25) is 5.88 Å². The van der Waals surface area contributed by atoms with E-state index in [-0.39, 0.29) is 12.4 Å². The van der Waals surface area contributed by atoms with Gasteiger partial charge in [0.1, 0.15) is 12.4 Å². The summed E-state index contributed by atoms with van der Waals surface area (Å²) in [6.07, 6.45) is 3.01. The van der Waals surface area contributed by atoms with Crippen molar-refractivity contribution in [3.8, 4) is 11.7 Å². The van der Waals surface area contributed by atoms with Crippen LogP contribution in [0.3, 0.4) is 0 Å². The van der Waals surface area contributed by atoms with Gasteiger partial charge in [0.25, 0.3) is 0 Å². The summed E-state index contributed by atoms with van der Waals surface area (Å²) < 4.78 is 25.7. The summed E-state index contributed by atoms with van der Waals surface area (Å²) in [6.45, 7) is 1.87. The van der Waals surface area contributed by atoms with Crippen LogP contribution in [0.4, 0.5) is 4.39 Å². The number of benzene rings is 1. The predicted octanol–water partition coefficient (Wildman–Crippen LogP) is 3.08. The molecule has 0 aliphatic heterocycles. The van der Waals surface area contributed by atoms with E-state index < -0.39 is 5.97 Å². The molecular formula is C18H16FN3O3. The molecule has 0 atom stereocenters. The number of nitrogens with zero attached hydrogens (tertiary/aromatic N) is 3. The van der Waals surface area contributed by atoms with Crippen molar-refractivity contribution in [1.82, 2.24) is 14.8 Å². The first-order valence-corrected chi connectivity index (χ1v) is 7.55. The van der Waals surface area contributed by atoms with E-state index >= 15 is 0 Å². The molecule has 2 heterocycles. The summed E-state index contributed by atoms with van der Waals surface area (Å²) in [7, 11) is 1.31. The van der Waals surface area contributed by atoms with Crippen molar-refractivity contribution in [2.75, 3.05) is 7.11 Å². The number of carbonyl (C=O) groups is 1. The van der Waals surface area contributed by atoms with Crippen LogP contribution in [-0.4, -0.2) is 27.8 Å². The number of esters is 1. The van der Waals surface area contributed by atoms with Crippen LogP contribution in [0.25, 0.3) is 5.82 Å². The molecule has 0 saturated heterocycles. The molecule has 0 N–H and O–H groups in total. The monoisotopic (exact) mass is 341 g/mol. The van der Waals surface area contributed by atoms with Crippen LogP contribution in [0, 0.1) is 12.7 Å². The van der Waals surface area contributed by atoms with Gasteiger partial charge in [-0.05, 0) is 30.7 Å². The van der Waals surface area contributed by atoms with E-state index in [0.29, 0.717) is 22.8 Å². The Morgan fingerprint density at radius 1 is 1.20 bits per heavy atom. The zero-order chi connectivity index (χ0) is 17.8. The fraction of sp³-hybridized carbons (Fsp3) is 0.167. The van der Waals surface area contributed by atoms with Gasteiger partial charge < -0.3 is 9.47 Å². The molecule has 2 aromatic heterocycles. The van der Waals surface area contributed by atoms with Crippen LogP contribution in [0.2, 0.25) is 0 Å². The maximum atomic E-state index is 13.9. The Kier molecular flexibility index (Phi) is 4.74. The summed E-state index contributed by atoms with van der Waals surface area (Å²) in [4.78, 5) is 15.8. The molecule has 128 valence electrons. The molecule has 0 radical (unpaired) electrons. The van der Waals surface area contributed by atoms with Crippen LogP contribution in [0.1, 0.15) is 21.5 Å². The average Bonchev–Trinajstić information content (AvgIpc) is 3.09. The van der Waals surface area contributed by atoms with E-state index in [2.05, 4.69) is 10.1 Å². The molecule has 6 nitrogen and oxygen atoms in total. The fourth-order valence-electron chi connectivity index (χ4n) is 2.27. The number of hydrogen-bond donors (Lipinski definition) is 0. The Hall–Kier alpha value is -3.22. The van der Waals surface area contributed by atoms with Crippen molar-refractivity contribution in [2.24, 2.45) is 0 Å². The lowest BCUT2D eigenvalue weighted by Gasteiger charge is -2.10. The summed E-state index contributed by atoms with van der Waals surface area (Å²) >= 11 is 0. The quantitative estimate of drug-likeness (QED) is 0.667. The summed E-state index contributed by atoms with van der Waals surface area (Å²) in [5.74, 6) is -0.0151. The van der Waals surface area contributed by atoms with Crippen molar-refractivity contribution < 1.29 is 18.7 Å². The third kappa shape index (κ3) is 3.65. The SMILES string of the molecule is COC(=O)c1ccnc(-n2nccc2OCc2ccc(C)cc2F)c1. The van der Waals surface area contributed by atoms with Gasteiger partial charge in [-0.1, -0.05) is 12.1 Å². The topological polar surface area (TPSA) is 66.2 Å². The molecule has 3 rings (SSSR count). The van der Waals surface area contributed by atoms with Gasteiger partial charge >= 0.3 is 5.97 Å². The number of hydrogen-bond acceptors (Lipinski definition) is 5. The van der Waals surface area contributed by atoms with Gasteiger partial charge in [-0.3, -0.25) is 0 Å². The molecule has 0 amide bonds. The van der Waals surface area contributed by atoms with Crippen LogP contribution < -0.4 is 4.74 Å². The van der Waals surface area contributed by atoms with Crippen molar-refractivity contribution in [1.29, 1.82) is 0 Å². The molecule has 0 bridgehead atoms. The minimum atomic E-state index is -0.472. The van der Waals surface area contributed by atoms with E-state index in [0.717, 1.165) is 5.56 Å². The van der Waals surface area contributed by atoms with Gasteiger partial charge in [-0.2, -0.15) is 9.78 Å². The molecule has 0 aliphatic rings. The highest BCUT2D eigenvalue weighted by Crippen LogP contribution is 2.19. The second-order valence-electron chi connectivity index (χ2n) is 5.36. The molecule has 0 spiro atoms. The predicted molar refractivity (Wildman–Crippen MR) is 88.2 cm³/mol. The number of methoxy groups -OCH3 is 1.